The molecule has 0 rings (SSSR count). The van der Waals surface area contributed by atoms with Crippen LogP contribution < -0.4 is 0 Å². The second-order valence-electron chi connectivity index (χ2n) is 9.80. The third-order valence-electron chi connectivity index (χ3n) is 7.10. The number of esters is 1. The van der Waals surface area contributed by atoms with Crippen LogP contribution in [0, 0.1) is 0 Å². The predicted molar refractivity (Wildman–Crippen MR) is 141 cm³/mol. The van der Waals surface area contributed by atoms with E-state index in [1.165, 1.54) is 141 Å². The molecule has 0 radical (unpaired) electrons. The number of hydrogen-bond donors (Lipinski definition) is 0. The van der Waals surface area contributed by atoms with Crippen LogP contribution in [0.25, 0.3) is 0 Å². The monoisotopic (exact) mass is 452 g/mol. The van der Waals surface area contributed by atoms with E-state index in [1.54, 1.807) is 0 Å². The largest absolute Gasteiger partial charge is 0.466 e. The summed E-state index contributed by atoms with van der Waals surface area (Å²) in [5.74, 6) is -0.116. The fourth-order valence-electron chi connectivity index (χ4n) is 4.90. The summed E-state index contributed by atoms with van der Waals surface area (Å²) in [7, 11) is -0.323. The lowest BCUT2D eigenvalue weighted by Crippen LogP contribution is -2.40. The van der Waals surface area contributed by atoms with Gasteiger partial charge >= 0.3 is 5.97 Å². The van der Waals surface area contributed by atoms with Gasteiger partial charge in [0.25, 0.3) is 0 Å². The first-order valence-corrected chi connectivity index (χ1v) is 16.5. The minimum Gasteiger partial charge on any atom is -0.466 e. The molecular weight excluding hydrogens is 396 g/mol. The minimum absolute atomic E-state index is 0.116. The molecule has 0 fully saturated rings. The van der Waals surface area contributed by atoms with Crippen LogP contribution in [-0.2, 0) is 9.53 Å². The van der Waals surface area contributed by atoms with Gasteiger partial charge in [-0.25, -0.2) is 4.79 Å². The van der Waals surface area contributed by atoms with Crippen molar-refractivity contribution in [3.05, 3.63) is 11.8 Å². The third-order valence-corrected chi connectivity index (χ3v) is 12.5. The first kappa shape index (κ1) is 30.4. The second-order valence-corrected chi connectivity index (χ2v) is 14.5. The molecule has 0 unspecified atom stereocenters. The fourth-order valence-corrected chi connectivity index (χ4v) is 9.87. The van der Waals surface area contributed by atoms with Crippen LogP contribution in [0.15, 0.2) is 11.8 Å². The molecule has 184 valence electrons. The quantitative estimate of drug-likeness (QED) is 0.0667. The maximum Gasteiger partial charge on any atom is 0.329 e. The molecule has 0 saturated heterocycles. The van der Waals surface area contributed by atoms with Crippen molar-refractivity contribution >= 4 is 14.0 Å². The minimum atomic E-state index is -1.86. The van der Waals surface area contributed by atoms with Crippen molar-refractivity contribution in [3.63, 3.8) is 0 Å². The Bertz CT molecular complexity index is 392. The standard InChI is InChI=1S/C28H56O2Si/c1-6-9-12-15-18-21-24-31(27(4)28(29)30-5,25-22-19-16-13-10-7-2)26-23-20-17-14-11-8-3/h4,6-26H2,1-3,5H3. The number of hydrogen-bond acceptors (Lipinski definition) is 2. The Morgan fingerprint density at radius 2 is 0.871 bits per heavy atom. The van der Waals surface area contributed by atoms with Crippen LogP contribution in [0.2, 0.25) is 18.1 Å². The Morgan fingerprint density at radius 1 is 0.581 bits per heavy atom. The van der Waals surface area contributed by atoms with Crippen molar-refractivity contribution in [2.24, 2.45) is 0 Å². The molecule has 0 amide bonds. The third kappa shape index (κ3) is 15.0. The number of carbonyl (C=O) groups excluding carboxylic acids is 1. The zero-order valence-electron chi connectivity index (χ0n) is 21.9. The van der Waals surface area contributed by atoms with Crippen LogP contribution in [0.3, 0.4) is 0 Å². The van der Waals surface area contributed by atoms with E-state index in [9.17, 15) is 4.79 Å². The summed E-state index contributed by atoms with van der Waals surface area (Å²) in [6.07, 6.45) is 23.8. The highest BCUT2D eigenvalue weighted by Crippen LogP contribution is 2.35. The highest BCUT2D eigenvalue weighted by Gasteiger charge is 2.38. The summed E-state index contributed by atoms with van der Waals surface area (Å²) in [6, 6.07) is 3.74. The van der Waals surface area contributed by atoms with E-state index >= 15 is 0 Å². The highest BCUT2D eigenvalue weighted by molar-refractivity contribution is 6.90. The van der Waals surface area contributed by atoms with Crippen molar-refractivity contribution in [1.29, 1.82) is 0 Å². The van der Waals surface area contributed by atoms with E-state index in [-0.39, 0.29) is 5.97 Å². The van der Waals surface area contributed by atoms with Crippen LogP contribution in [0.1, 0.15) is 136 Å². The Morgan fingerprint density at radius 3 is 1.16 bits per heavy atom. The lowest BCUT2D eigenvalue weighted by atomic mass is 10.1. The smallest absolute Gasteiger partial charge is 0.329 e. The van der Waals surface area contributed by atoms with Gasteiger partial charge in [-0.05, 0) is 0 Å². The maximum absolute atomic E-state index is 12.6. The summed E-state index contributed by atoms with van der Waals surface area (Å²) in [5, 5.41) is 0.894. The summed E-state index contributed by atoms with van der Waals surface area (Å²) in [6.45, 7) is 11.2. The average Bonchev–Trinajstić information content (AvgIpc) is 2.79. The van der Waals surface area contributed by atoms with Gasteiger partial charge < -0.3 is 4.74 Å². The molecule has 31 heavy (non-hydrogen) atoms. The molecule has 3 heteroatoms. The topological polar surface area (TPSA) is 26.3 Å². The van der Waals surface area contributed by atoms with E-state index in [1.807, 2.05) is 0 Å². The molecule has 0 spiro atoms. The SMILES string of the molecule is C=C(C(=O)OC)[Si](CCCCCCCC)(CCCCCCCC)CCCCCCCC. The average molecular weight is 453 g/mol. The molecular formula is C28H56O2Si. The first-order chi connectivity index (χ1) is 15.1. The molecule has 2 nitrogen and oxygen atoms in total. The number of unbranched alkanes of at least 4 members (excludes halogenated alkanes) is 15. The van der Waals surface area contributed by atoms with Gasteiger partial charge in [0.1, 0.15) is 0 Å². The second kappa shape index (κ2) is 21.3. The van der Waals surface area contributed by atoms with Crippen LogP contribution >= 0.6 is 0 Å². The van der Waals surface area contributed by atoms with Gasteiger partial charge in [0, 0.05) is 5.20 Å². The number of carbonyl (C=O) groups is 1. The van der Waals surface area contributed by atoms with E-state index in [0.29, 0.717) is 0 Å². The lowest BCUT2D eigenvalue weighted by Gasteiger charge is -2.33. The molecule has 0 heterocycles. The van der Waals surface area contributed by atoms with Crippen molar-refractivity contribution in [2.75, 3.05) is 7.11 Å². The number of rotatable bonds is 23. The molecule has 0 aromatic heterocycles. The van der Waals surface area contributed by atoms with E-state index in [4.69, 9.17) is 4.74 Å². The Kier molecular flexibility index (Phi) is 20.9. The maximum atomic E-state index is 12.6. The lowest BCUT2D eigenvalue weighted by molar-refractivity contribution is -0.135. The van der Waals surface area contributed by atoms with Crippen molar-refractivity contribution in [3.8, 4) is 0 Å². The highest BCUT2D eigenvalue weighted by atomic mass is 28.3. The van der Waals surface area contributed by atoms with Gasteiger partial charge in [-0.2, -0.15) is 0 Å². The predicted octanol–water partition coefficient (Wildman–Crippen LogP) is 9.79. The Hall–Kier alpha value is -0.573. The summed E-state index contributed by atoms with van der Waals surface area (Å²) < 4.78 is 5.19. The molecule has 0 saturated carbocycles. The fraction of sp³-hybridized carbons (Fsp3) is 0.893. The Labute approximate surface area is 197 Å². The van der Waals surface area contributed by atoms with Crippen LogP contribution in [0.4, 0.5) is 0 Å². The van der Waals surface area contributed by atoms with Crippen LogP contribution in [-0.4, -0.2) is 21.2 Å². The number of methoxy groups -OCH3 is 1. The van der Waals surface area contributed by atoms with Gasteiger partial charge in [-0.1, -0.05) is 161 Å². The van der Waals surface area contributed by atoms with E-state index < -0.39 is 8.07 Å². The van der Waals surface area contributed by atoms with Gasteiger partial charge in [0.2, 0.25) is 0 Å². The summed E-state index contributed by atoms with van der Waals surface area (Å²) in [4.78, 5) is 12.6. The van der Waals surface area contributed by atoms with Gasteiger partial charge in [0.05, 0.1) is 15.2 Å². The summed E-state index contributed by atoms with van der Waals surface area (Å²) in [5.41, 5.74) is 0. The molecule has 0 aliphatic carbocycles. The summed E-state index contributed by atoms with van der Waals surface area (Å²) >= 11 is 0. The van der Waals surface area contributed by atoms with Crippen molar-refractivity contribution < 1.29 is 9.53 Å². The first-order valence-electron chi connectivity index (χ1n) is 13.9. The zero-order valence-corrected chi connectivity index (χ0v) is 22.9. The normalized spacial score (nSPS) is 11.6. The Balaban J connectivity index is 4.98. The molecule has 0 aliphatic heterocycles. The number of ether oxygens (including phenoxy) is 1. The van der Waals surface area contributed by atoms with Crippen LogP contribution in [0.5, 0.6) is 0 Å². The molecule has 0 aliphatic rings. The van der Waals surface area contributed by atoms with Gasteiger partial charge in [-0.15, -0.1) is 0 Å². The van der Waals surface area contributed by atoms with Crippen molar-refractivity contribution in [2.45, 2.75) is 154 Å². The van der Waals surface area contributed by atoms with E-state index in [2.05, 4.69) is 27.4 Å². The molecule has 0 N–H and O–H groups in total. The van der Waals surface area contributed by atoms with Gasteiger partial charge in [-0.3, -0.25) is 0 Å². The molecule has 0 atom stereocenters. The zero-order chi connectivity index (χ0) is 23.2. The van der Waals surface area contributed by atoms with E-state index in [0.717, 1.165) is 5.20 Å². The van der Waals surface area contributed by atoms with Gasteiger partial charge in [0.15, 0.2) is 0 Å². The molecule has 0 bridgehead atoms. The van der Waals surface area contributed by atoms with Crippen molar-refractivity contribution in [1.82, 2.24) is 0 Å². The molecule has 0 aromatic carbocycles. The molecule has 0 aromatic rings.